The third-order valence-electron chi connectivity index (χ3n) is 3.33. The molecule has 0 bridgehead atoms. The number of carbonyl (C=O) groups is 1. The Labute approximate surface area is 103 Å². The van der Waals surface area contributed by atoms with Crippen molar-refractivity contribution in [2.24, 2.45) is 5.92 Å². The molecule has 0 unspecified atom stereocenters. The molecule has 1 aliphatic carbocycles. The summed E-state index contributed by atoms with van der Waals surface area (Å²) in [6, 6.07) is 7.57. The minimum Gasteiger partial charge on any atom is -0.494 e. The van der Waals surface area contributed by atoms with Crippen LogP contribution in [-0.2, 0) is 0 Å². The van der Waals surface area contributed by atoms with Crippen LogP contribution in [0.1, 0.15) is 49.4 Å². The first-order valence-electron chi connectivity index (χ1n) is 6.55. The van der Waals surface area contributed by atoms with Gasteiger partial charge in [0.1, 0.15) is 5.75 Å². The maximum absolute atomic E-state index is 12.0. The van der Waals surface area contributed by atoms with Gasteiger partial charge in [0.05, 0.1) is 6.61 Å². The first kappa shape index (κ1) is 12.2. The van der Waals surface area contributed by atoms with E-state index in [-0.39, 0.29) is 5.78 Å². The van der Waals surface area contributed by atoms with Crippen molar-refractivity contribution in [3.05, 3.63) is 29.8 Å². The first-order valence-corrected chi connectivity index (χ1v) is 6.55. The van der Waals surface area contributed by atoms with E-state index >= 15 is 0 Å². The fraction of sp³-hybridized carbons (Fsp3) is 0.533. The largest absolute Gasteiger partial charge is 0.494 e. The molecule has 1 aromatic carbocycles. The van der Waals surface area contributed by atoms with Crippen molar-refractivity contribution in [1.29, 1.82) is 0 Å². The summed E-state index contributed by atoms with van der Waals surface area (Å²) < 4.78 is 5.54. The van der Waals surface area contributed by atoms with E-state index in [2.05, 4.69) is 6.92 Å². The van der Waals surface area contributed by atoms with E-state index in [4.69, 9.17) is 4.74 Å². The van der Waals surface area contributed by atoms with Gasteiger partial charge >= 0.3 is 0 Å². The summed E-state index contributed by atoms with van der Waals surface area (Å²) in [5.41, 5.74) is 0.797. The molecule has 0 N–H and O–H groups in total. The quantitative estimate of drug-likeness (QED) is 0.696. The predicted molar refractivity (Wildman–Crippen MR) is 68.5 cm³/mol. The average molecular weight is 232 g/mol. The van der Waals surface area contributed by atoms with Crippen molar-refractivity contribution < 1.29 is 9.53 Å². The fourth-order valence-corrected chi connectivity index (χ4v) is 2.06. The van der Waals surface area contributed by atoms with E-state index in [0.29, 0.717) is 18.9 Å². The Bertz CT molecular complexity index is 380. The zero-order valence-corrected chi connectivity index (χ0v) is 10.4. The summed E-state index contributed by atoms with van der Waals surface area (Å²) in [5.74, 6) is 1.70. The summed E-state index contributed by atoms with van der Waals surface area (Å²) in [7, 11) is 0. The van der Waals surface area contributed by atoms with Gasteiger partial charge in [-0.25, -0.2) is 0 Å². The normalized spacial score (nSPS) is 15.4. The second kappa shape index (κ2) is 5.85. The molecular weight excluding hydrogens is 212 g/mol. The number of rotatable bonds is 6. The predicted octanol–water partition coefficient (Wildman–Crippen LogP) is 3.85. The van der Waals surface area contributed by atoms with E-state index in [0.717, 1.165) is 17.7 Å². The molecule has 1 aromatic rings. The molecule has 0 amide bonds. The van der Waals surface area contributed by atoms with Gasteiger partial charge in [-0.3, -0.25) is 4.79 Å². The summed E-state index contributed by atoms with van der Waals surface area (Å²) in [5, 5.41) is 0. The lowest BCUT2D eigenvalue weighted by Gasteiger charge is -2.24. The van der Waals surface area contributed by atoms with E-state index < -0.39 is 0 Å². The van der Waals surface area contributed by atoms with Crippen molar-refractivity contribution in [2.45, 2.75) is 39.0 Å². The van der Waals surface area contributed by atoms with Crippen LogP contribution >= 0.6 is 0 Å². The molecule has 0 atom stereocenters. The average Bonchev–Trinajstić information content (AvgIpc) is 2.31. The molecule has 0 heterocycles. The number of carbonyl (C=O) groups excluding carboxylic acids is 1. The van der Waals surface area contributed by atoms with Crippen LogP contribution in [0.4, 0.5) is 0 Å². The molecule has 92 valence electrons. The van der Waals surface area contributed by atoms with Gasteiger partial charge in [-0.1, -0.05) is 38.3 Å². The molecule has 0 radical (unpaired) electrons. The minimum absolute atomic E-state index is 0.261. The zero-order chi connectivity index (χ0) is 12.1. The molecule has 2 rings (SSSR count). The molecule has 2 nitrogen and oxygen atoms in total. The SMILES string of the molecule is CCCOc1cccc(C(=O)CC2CCC2)c1. The minimum atomic E-state index is 0.261. The lowest BCUT2D eigenvalue weighted by molar-refractivity contribution is 0.0936. The highest BCUT2D eigenvalue weighted by Gasteiger charge is 2.21. The van der Waals surface area contributed by atoms with Crippen molar-refractivity contribution in [3.8, 4) is 5.75 Å². The second-order valence-corrected chi connectivity index (χ2v) is 4.80. The van der Waals surface area contributed by atoms with Gasteiger partial charge in [0.25, 0.3) is 0 Å². The third-order valence-corrected chi connectivity index (χ3v) is 3.33. The summed E-state index contributed by atoms with van der Waals surface area (Å²) in [4.78, 5) is 12.0. The highest BCUT2D eigenvalue weighted by molar-refractivity contribution is 5.96. The molecule has 0 aliphatic heterocycles. The number of ketones is 1. The summed E-state index contributed by atoms with van der Waals surface area (Å²) in [6.45, 7) is 2.78. The number of ether oxygens (including phenoxy) is 1. The van der Waals surface area contributed by atoms with Gasteiger partial charge in [0.15, 0.2) is 5.78 Å². The Morgan fingerprint density at radius 1 is 1.41 bits per heavy atom. The van der Waals surface area contributed by atoms with Crippen LogP contribution in [0.25, 0.3) is 0 Å². The number of hydrogen-bond acceptors (Lipinski definition) is 2. The van der Waals surface area contributed by atoms with Gasteiger partial charge in [0.2, 0.25) is 0 Å². The third kappa shape index (κ3) is 3.32. The Morgan fingerprint density at radius 3 is 2.88 bits per heavy atom. The van der Waals surface area contributed by atoms with Crippen LogP contribution in [0, 0.1) is 5.92 Å². The molecule has 0 aromatic heterocycles. The maximum Gasteiger partial charge on any atom is 0.163 e. The second-order valence-electron chi connectivity index (χ2n) is 4.80. The molecule has 0 spiro atoms. The summed E-state index contributed by atoms with van der Waals surface area (Å²) in [6.07, 6.45) is 5.42. The number of hydrogen-bond donors (Lipinski definition) is 0. The van der Waals surface area contributed by atoms with E-state index in [9.17, 15) is 4.79 Å². The standard InChI is InChI=1S/C15H20O2/c1-2-9-17-14-8-4-7-13(11-14)15(16)10-12-5-3-6-12/h4,7-8,11-12H,2-3,5-6,9-10H2,1H3. The molecular formula is C15H20O2. The molecule has 1 aliphatic rings. The molecule has 0 saturated heterocycles. The van der Waals surface area contributed by atoms with Gasteiger partial charge < -0.3 is 4.74 Å². The van der Waals surface area contributed by atoms with E-state index in [1.54, 1.807) is 0 Å². The van der Waals surface area contributed by atoms with Crippen molar-refractivity contribution >= 4 is 5.78 Å². The Kier molecular flexibility index (Phi) is 4.18. The number of Topliss-reactive ketones (excluding diaryl/α,β-unsaturated/α-hetero) is 1. The van der Waals surface area contributed by atoms with Crippen molar-refractivity contribution in [3.63, 3.8) is 0 Å². The van der Waals surface area contributed by atoms with Gasteiger partial charge in [-0.05, 0) is 24.5 Å². The number of benzene rings is 1. The molecule has 1 saturated carbocycles. The van der Waals surface area contributed by atoms with Crippen LogP contribution in [0.2, 0.25) is 0 Å². The van der Waals surface area contributed by atoms with Crippen LogP contribution in [-0.4, -0.2) is 12.4 Å². The first-order chi connectivity index (χ1) is 8.29. The lowest BCUT2D eigenvalue weighted by Crippen LogP contribution is -2.15. The van der Waals surface area contributed by atoms with E-state index in [1.807, 2.05) is 24.3 Å². The van der Waals surface area contributed by atoms with Crippen LogP contribution in [0.3, 0.4) is 0 Å². The van der Waals surface area contributed by atoms with Gasteiger partial charge in [-0.2, -0.15) is 0 Å². The van der Waals surface area contributed by atoms with Crippen molar-refractivity contribution in [2.75, 3.05) is 6.61 Å². The zero-order valence-electron chi connectivity index (χ0n) is 10.4. The Morgan fingerprint density at radius 2 is 2.24 bits per heavy atom. The van der Waals surface area contributed by atoms with Gasteiger partial charge in [-0.15, -0.1) is 0 Å². The lowest BCUT2D eigenvalue weighted by atomic mass is 9.81. The Balaban J connectivity index is 1.96. The van der Waals surface area contributed by atoms with Crippen LogP contribution in [0.15, 0.2) is 24.3 Å². The topological polar surface area (TPSA) is 26.3 Å². The van der Waals surface area contributed by atoms with Crippen LogP contribution < -0.4 is 4.74 Å². The Hall–Kier alpha value is -1.31. The molecule has 17 heavy (non-hydrogen) atoms. The highest BCUT2D eigenvalue weighted by atomic mass is 16.5. The smallest absolute Gasteiger partial charge is 0.163 e. The monoisotopic (exact) mass is 232 g/mol. The summed E-state index contributed by atoms with van der Waals surface area (Å²) >= 11 is 0. The molecule has 2 heteroatoms. The van der Waals surface area contributed by atoms with E-state index in [1.165, 1.54) is 19.3 Å². The molecule has 1 fully saturated rings. The highest BCUT2D eigenvalue weighted by Crippen LogP contribution is 2.30. The van der Waals surface area contributed by atoms with Gasteiger partial charge in [0, 0.05) is 12.0 Å². The van der Waals surface area contributed by atoms with Crippen LogP contribution in [0.5, 0.6) is 5.75 Å². The van der Waals surface area contributed by atoms with Crippen molar-refractivity contribution in [1.82, 2.24) is 0 Å². The fourth-order valence-electron chi connectivity index (χ4n) is 2.06. The maximum atomic E-state index is 12.0.